The van der Waals surface area contributed by atoms with Gasteiger partial charge in [0.2, 0.25) is 0 Å². The van der Waals surface area contributed by atoms with E-state index < -0.39 is 12.1 Å². The number of benzene rings is 1. The van der Waals surface area contributed by atoms with E-state index in [1.807, 2.05) is 0 Å². The maximum absolute atomic E-state index is 12.6. The monoisotopic (exact) mass is 234 g/mol. The normalized spacial score (nSPS) is 18.1. The van der Waals surface area contributed by atoms with Crippen LogP contribution in [0.25, 0.3) is 0 Å². The van der Waals surface area contributed by atoms with Crippen LogP contribution in [0, 0.1) is 5.82 Å². The molecule has 1 saturated heterocycles. The van der Waals surface area contributed by atoms with Gasteiger partial charge in [-0.25, -0.2) is 4.39 Å². The highest BCUT2D eigenvalue weighted by atomic mass is 19.4. The summed E-state index contributed by atoms with van der Waals surface area (Å²) in [7, 11) is 0. The molecule has 0 aromatic heterocycles. The molecule has 1 aliphatic rings. The molecule has 2 nitrogen and oxygen atoms in total. The summed E-state index contributed by atoms with van der Waals surface area (Å²) in [5.74, 6) is -0.393. The molecule has 1 aromatic rings. The van der Waals surface area contributed by atoms with Gasteiger partial charge in [-0.2, -0.15) is 18.1 Å². The Hall–Kier alpha value is -1.30. The van der Waals surface area contributed by atoms with Crippen molar-refractivity contribution in [2.45, 2.75) is 6.30 Å². The second-order valence-electron chi connectivity index (χ2n) is 3.61. The van der Waals surface area contributed by atoms with Crippen molar-refractivity contribution in [2.24, 2.45) is 0 Å². The Morgan fingerprint density at radius 2 is 1.62 bits per heavy atom. The summed E-state index contributed by atoms with van der Waals surface area (Å²) in [6.07, 6.45) is -4.30. The van der Waals surface area contributed by atoms with Gasteiger partial charge >= 0.3 is 6.30 Å². The molecule has 0 unspecified atom stereocenters. The van der Waals surface area contributed by atoms with Gasteiger partial charge in [0, 0.05) is 18.8 Å². The van der Waals surface area contributed by atoms with Gasteiger partial charge in [0.15, 0.2) is 0 Å². The molecular weight excluding hydrogens is 224 g/mol. The van der Waals surface area contributed by atoms with Crippen molar-refractivity contribution in [3.8, 4) is 0 Å². The zero-order valence-electron chi connectivity index (χ0n) is 8.34. The average molecular weight is 234 g/mol. The minimum Gasteiger partial charge on any atom is -0.357 e. The highest BCUT2D eigenvalue weighted by molar-refractivity contribution is 5.46. The Labute approximate surface area is 90.1 Å². The Balaban J connectivity index is 2.06. The molecule has 1 aromatic carbocycles. The molecule has 0 bridgehead atoms. The maximum Gasteiger partial charge on any atom is 0.461 e. The lowest BCUT2D eigenvalue weighted by atomic mass is 10.3. The second kappa shape index (κ2) is 3.93. The van der Waals surface area contributed by atoms with E-state index in [-0.39, 0.29) is 13.2 Å². The molecule has 6 heteroatoms. The average Bonchev–Trinajstić information content (AvgIpc) is 2.67. The van der Waals surface area contributed by atoms with E-state index in [2.05, 4.69) is 0 Å². The molecule has 0 spiro atoms. The number of alkyl halides is 3. The van der Waals surface area contributed by atoms with E-state index in [0.29, 0.717) is 17.1 Å². The third kappa shape index (κ3) is 2.27. The predicted molar refractivity (Wildman–Crippen MR) is 51.4 cm³/mol. The van der Waals surface area contributed by atoms with Crippen LogP contribution < -0.4 is 4.90 Å². The Bertz CT molecular complexity index is 360. The fourth-order valence-electron chi connectivity index (χ4n) is 1.66. The predicted octanol–water partition coefficient (Wildman–Crippen LogP) is 2.43. The first-order chi connectivity index (χ1) is 7.47. The van der Waals surface area contributed by atoms with Gasteiger partial charge in [-0.1, -0.05) is 0 Å². The van der Waals surface area contributed by atoms with E-state index in [9.17, 15) is 17.6 Å². The summed E-state index contributed by atoms with van der Waals surface area (Å²) in [5, 5.41) is 0. The van der Waals surface area contributed by atoms with Crippen LogP contribution in [0.4, 0.5) is 23.2 Å². The maximum atomic E-state index is 12.6. The number of nitrogens with zero attached hydrogens (tertiary/aromatic N) is 2. The summed E-state index contributed by atoms with van der Waals surface area (Å²) >= 11 is 0. The lowest BCUT2D eigenvalue weighted by Crippen LogP contribution is -2.37. The van der Waals surface area contributed by atoms with Crippen molar-refractivity contribution in [3.05, 3.63) is 30.1 Å². The lowest BCUT2D eigenvalue weighted by molar-refractivity contribution is -0.237. The van der Waals surface area contributed by atoms with Crippen molar-refractivity contribution in [1.29, 1.82) is 0 Å². The molecule has 88 valence electrons. The molecule has 2 rings (SSSR count). The minimum atomic E-state index is -4.30. The van der Waals surface area contributed by atoms with Crippen LogP contribution >= 0.6 is 0 Å². The number of halogens is 4. The van der Waals surface area contributed by atoms with Crippen molar-refractivity contribution < 1.29 is 17.6 Å². The van der Waals surface area contributed by atoms with Gasteiger partial charge in [0.25, 0.3) is 0 Å². The number of hydrogen-bond donors (Lipinski definition) is 0. The highest BCUT2D eigenvalue weighted by Crippen LogP contribution is 2.27. The zero-order valence-corrected chi connectivity index (χ0v) is 8.34. The fraction of sp³-hybridized carbons (Fsp3) is 0.400. The van der Waals surface area contributed by atoms with E-state index in [0.717, 1.165) is 0 Å². The second-order valence-corrected chi connectivity index (χ2v) is 3.61. The molecular formula is C10H10F4N2. The first-order valence-corrected chi connectivity index (χ1v) is 4.79. The third-order valence-electron chi connectivity index (χ3n) is 2.53. The number of anilines is 1. The molecule has 16 heavy (non-hydrogen) atoms. The lowest BCUT2D eigenvalue weighted by Gasteiger charge is -2.21. The highest BCUT2D eigenvalue weighted by Gasteiger charge is 2.41. The number of rotatable bonds is 1. The van der Waals surface area contributed by atoms with Gasteiger partial charge in [-0.15, -0.1) is 0 Å². The Morgan fingerprint density at radius 3 is 2.12 bits per heavy atom. The van der Waals surface area contributed by atoms with E-state index in [4.69, 9.17) is 0 Å². The largest absolute Gasteiger partial charge is 0.461 e. The standard InChI is InChI=1S/C10H10F4N2/c11-8-1-3-9(4-2-8)15-5-6-16(7-15)10(12,13)14/h1-4H,5-7H2. The van der Waals surface area contributed by atoms with Crippen molar-refractivity contribution >= 4 is 5.69 Å². The minimum absolute atomic E-state index is 0.0547. The van der Waals surface area contributed by atoms with Crippen LogP contribution in [-0.2, 0) is 0 Å². The summed E-state index contributed by atoms with van der Waals surface area (Å²) < 4.78 is 49.7. The van der Waals surface area contributed by atoms with Crippen LogP contribution in [-0.4, -0.2) is 31.0 Å². The topological polar surface area (TPSA) is 6.48 Å². The molecule has 0 N–H and O–H groups in total. The van der Waals surface area contributed by atoms with Crippen molar-refractivity contribution in [3.63, 3.8) is 0 Å². The van der Waals surface area contributed by atoms with Crippen LogP contribution in [0.2, 0.25) is 0 Å². The quantitative estimate of drug-likeness (QED) is 0.544. The summed E-state index contributed by atoms with van der Waals surface area (Å²) in [6.45, 7) is 0.0428. The van der Waals surface area contributed by atoms with Crippen LogP contribution in [0.15, 0.2) is 24.3 Å². The first-order valence-electron chi connectivity index (χ1n) is 4.79. The van der Waals surface area contributed by atoms with Gasteiger partial charge in [0.1, 0.15) is 5.82 Å². The summed E-state index contributed by atoms with van der Waals surface area (Å²) in [5.41, 5.74) is 0.605. The number of hydrogen-bond acceptors (Lipinski definition) is 2. The Kier molecular flexibility index (Phi) is 2.75. The van der Waals surface area contributed by atoms with E-state index in [1.165, 1.54) is 24.3 Å². The van der Waals surface area contributed by atoms with Gasteiger partial charge < -0.3 is 4.90 Å². The van der Waals surface area contributed by atoms with Gasteiger partial charge in [-0.3, -0.25) is 0 Å². The SMILES string of the molecule is Fc1ccc(N2CCN(C(F)(F)F)C2)cc1. The summed E-state index contributed by atoms with van der Waals surface area (Å²) in [4.78, 5) is 1.99. The molecule has 0 amide bonds. The molecule has 1 aliphatic heterocycles. The zero-order chi connectivity index (χ0) is 11.8. The Morgan fingerprint density at radius 1 is 1.00 bits per heavy atom. The van der Waals surface area contributed by atoms with Gasteiger partial charge in [-0.05, 0) is 24.3 Å². The molecule has 0 aliphatic carbocycles. The molecule has 0 atom stereocenters. The molecule has 1 fully saturated rings. The smallest absolute Gasteiger partial charge is 0.357 e. The third-order valence-corrected chi connectivity index (χ3v) is 2.53. The van der Waals surface area contributed by atoms with Crippen molar-refractivity contribution in [1.82, 2.24) is 4.90 Å². The van der Waals surface area contributed by atoms with Crippen molar-refractivity contribution in [2.75, 3.05) is 24.7 Å². The molecule has 0 radical (unpaired) electrons. The van der Waals surface area contributed by atoms with Crippen LogP contribution in [0.5, 0.6) is 0 Å². The van der Waals surface area contributed by atoms with Gasteiger partial charge in [0.05, 0.1) is 6.67 Å². The molecule has 0 saturated carbocycles. The first kappa shape index (κ1) is 11.2. The molecule has 1 heterocycles. The van der Waals surface area contributed by atoms with Crippen LogP contribution in [0.3, 0.4) is 0 Å². The van der Waals surface area contributed by atoms with E-state index >= 15 is 0 Å². The summed E-state index contributed by atoms with van der Waals surface area (Å²) in [6, 6.07) is 5.45. The van der Waals surface area contributed by atoms with E-state index in [1.54, 1.807) is 4.90 Å². The fourth-order valence-corrected chi connectivity index (χ4v) is 1.66. The van der Waals surface area contributed by atoms with Crippen LogP contribution in [0.1, 0.15) is 0 Å².